The van der Waals surface area contributed by atoms with Crippen molar-refractivity contribution in [2.75, 3.05) is 13.2 Å². The number of carbonyl (C=O) groups excluding carboxylic acids is 2. The SMILES string of the molecule is CCCCCC/C=C\C/C=C\CCCCCCCC(=O)OC(COC(=O)CCCCCCC)COP(=O)(O)OC1C(O)C(O)C(O)C(O)C1O. The van der Waals surface area contributed by atoms with E-state index in [9.17, 15) is 44.6 Å². The molecule has 1 rings (SSSR count). The van der Waals surface area contributed by atoms with Crippen LogP contribution in [0.1, 0.15) is 136 Å². The summed E-state index contributed by atoms with van der Waals surface area (Å²) in [6, 6.07) is 0. The van der Waals surface area contributed by atoms with Crippen LogP contribution < -0.4 is 0 Å². The van der Waals surface area contributed by atoms with Crippen LogP contribution in [0.4, 0.5) is 0 Å². The Balaban J connectivity index is 2.50. The molecule has 0 saturated heterocycles. The number of carbonyl (C=O) groups is 2. The highest BCUT2D eigenvalue weighted by Gasteiger charge is 2.51. The summed E-state index contributed by atoms with van der Waals surface area (Å²) < 4.78 is 33.1. The van der Waals surface area contributed by atoms with E-state index in [2.05, 4.69) is 38.2 Å². The summed E-state index contributed by atoms with van der Waals surface area (Å²) in [4.78, 5) is 35.1. The highest BCUT2D eigenvalue weighted by atomic mass is 31.2. The Morgan fingerprint density at radius 3 is 1.64 bits per heavy atom. The van der Waals surface area contributed by atoms with Crippen LogP contribution in [-0.2, 0) is 32.7 Å². The van der Waals surface area contributed by atoms with Crippen molar-refractivity contribution in [2.24, 2.45) is 0 Å². The first-order chi connectivity index (χ1) is 23.9. The van der Waals surface area contributed by atoms with Gasteiger partial charge in [-0.1, -0.05) is 102 Å². The van der Waals surface area contributed by atoms with E-state index >= 15 is 0 Å². The molecule has 50 heavy (non-hydrogen) atoms. The summed E-state index contributed by atoms with van der Waals surface area (Å²) >= 11 is 0. The Morgan fingerprint density at radius 2 is 1.08 bits per heavy atom. The van der Waals surface area contributed by atoms with Gasteiger partial charge in [0, 0.05) is 12.8 Å². The van der Waals surface area contributed by atoms with Crippen molar-refractivity contribution in [3.63, 3.8) is 0 Å². The van der Waals surface area contributed by atoms with Crippen molar-refractivity contribution >= 4 is 19.8 Å². The van der Waals surface area contributed by atoms with Crippen LogP contribution in [0.15, 0.2) is 24.3 Å². The summed E-state index contributed by atoms with van der Waals surface area (Å²) in [5, 5.41) is 49.7. The normalized spacial score (nSPS) is 24.4. The number of aliphatic hydroxyl groups excluding tert-OH is 5. The van der Waals surface area contributed by atoms with Gasteiger partial charge in [0.1, 0.15) is 43.2 Å². The molecule has 0 aliphatic heterocycles. The fraction of sp³-hybridized carbons (Fsp3) is 0.833. The monoisotopic (exact) mass is 736 g/mol. The molecular weight excluding hydrogens is 671 g/mol. The van der Waals surface area contributed by atoms with E-state index in [-0.39, 0.29) is 12.8 Å². The zero-order valence-electron chi connectivity index (χ0n) is 30.2. The fourth-order valence-corrected chi connectivity index (χ4v) is 6.41. The van der Waals surface area contributed by atoms with Gasteiger partial charge in [-0.05, 0) is 44.9 Å². The molecule has 1 aliphatic carbocycles. The van der Waals surface area contributed by atoms with Crippen LogP contribution in [-0.4, -0.2) is 98.3 Å². The third kappa shape index (κ3) is 21.0. The molecule has 6 N–H and O–H groups in total. The van der Waals surface area contributed by atoms with Gasteiger partial charge in [0.2, 0.25) is 0 Å². The van der Waals surface area contributed by atoms with Crippen molar-refractivity contribution < 1.29 is 63.1 Å². The quantitative estimate of drug-likeness (QED) is 0.0249. The number of esters is 2. The molecule has 292 valence electrons. The number of hydrogen-bond donors (Lipinski definition) is 6. The van der Waals surface area contributed by atoms with Gasteiger partial charge in [0.05, 0.1) is 6.61 Å². The van der Waals surface area contributed by atoms with E-state index in [1.54, 1.807) is 0 Å². The number of phosphoric acid groups is 1. The van der Waals surface area contributed by atoms with Crippen LogP contribution >= 0.6 is 7.82 Å². The number of ether oxygens (including phenoxy) is 2. The van der Waals surface area contributed by atoms with Crippen LogP contribution in [0.3, 0.4) is 0 Å². The highest BCUT2D eigenvalue weighted by molar-refractivity contribution is 7.47. The number of unbranched alkanes of at least 4 members (excludes halogenated alkanes) is 13. The molecule has 6 atom stereocenters. The molecular formula is C36H65O13P. The van der Waals surface area contributed by atoms with E-state index in [1.807, 2.05) is 0 Å². The highest BCUT2D eigenvalue weighted by Crippen LogP contribution is 2.47. The molecule has 0 amide bonds. The van der Waals surface area contributed by atoms with Crippen LogP contribution in [0.2, 0.25) is 0 Å². The lowest BCUT2D eigenvalue weighted by molar-refractivity contribution is -0.220. The van der Waals surface area contributed by atoms with Gasteiger partial charge < -0.3 is 39.9 Å². The molecule has 6 unspecified atom stereocenters. The largest absolute Gasteiger partial charge is 0.472 e. The predicted octanol–water partition coefficient (Wildman–Crippen LogP) is 5.33. The lowest BCUT2D eigenvalue weighted by atomic mass is 9.85. The van der Waals surface area contributed by atoms with Gasteiger partial charge in [-0.15, -0.1) is 0 Å². The number of rotatable bonds is 29. The van der Waals surface area contributed by atoms with Gasteiger partial charge >= 0.3 is 19.8 Å². The fourth-order valence-electron chi connectivity index (χ4n) is 5.43. The minimum Gasteiger partial charge on any atom is -0.462 e. The second-order valence-corrected chi connectivity index (χ2v) is 14.5. The molecule has 0 aromatic rings. The first-order valence-corrected chi connectivity index (χ1v) is 20.1. The molecule has 14 heteroatoms. The molecule has 0 bridgehead atoms. The Labute approximate surface area is 298 Å². The maximum absolute atomic E-state index is 12.7. The Bertz CT molecular complexity index is 990. The molecule has 1 aliphatic rings. The van der Waals surface area contributed by atoms with Crippen molar-refractivity contribution in [1.29, 1.82) is 0 Å². The number of aliphatic hydroxyl groups is 5. The van der Waals surface area contributed by atoms with E-state index in [4.69, 9.17) is 18.5 Å². The molecule has 0 aromatic carbocycles. The average Bonchev–Trinajstić information content (AvgIpc) is 3.09. The second-order valence-electron chi connectivity index (χ2n) is 13.1. The Morgan fingerprint density at radius 1 is 0.620 bits per heavy atom. The maximum atomic E-state index is 12.7. The Hall–Kier alpha value is -1.67. The third-order valence-electron chi connectivity index (χ3n) is 8.55. The smallest absolute Gasteiger partial charge is 0.462 e. The average molecular weight is 737 g/mol. The molecule has 0 aromatic heterocycles. The first kappa shape index (κ1) is 46.4. The molecule has 0 spiro atoms. The lowest BCUT2D eigenvalue weighted by Crippen LogP contribution is -2.64. The van der Waals surface area contributed by atoms with E-state index < -0.39 is 75.7 Å². The topological polar surface area (TPSA) is 210 Å². The lowest BCUT2D eigenvalue weighted by Gasteiger charge is -2.41. The van der Waals surface area contributed by atoms with Crippen molar-refractivity contribution in [2.45, 2.75) is 179 Å². The number of allylic oxidation sites excluding steroid dienone is 4. The van der Waals surface area contributed by atoms with Crippen molar-refractivity contribution in [3.8, 4) is 0 Å². The maximum Gasteiger partial charge on any atom is 0.472 e. The summed E-state index contributed by atoms with van der Waals surface area (Å²) in [5.74, 6) is -1.13. The molecule has 1 saturated carbocycles. The van der Waals surface area contributed by atoms with Crippen molar-refractivity contribution in [3.05, 3.63) is 24.3 Å². The third-order valence-corrected chi connectivity index (χ3v) is 9.53. The zero-order chi connectivity index (χ0) is 37.2. The predicted molar refractivity (Wildman–Crippen MR) is 189 cm³/mol. The van der Waals surface area contributed by atoms with Crippen molar-refractivity contribution in [1.82, 2.24) is 0 Å². The van der Waals surface area contributed by atoms with E-state index in [0.29, 0.717) is 12.8 Å². The van der Waals surface area contributed by atoms with Crippen LogP contribution in [0.25, 0.3) is 0 Å². The minimum absolute atomic E-state index is 0.0818. The molecule has 0 radical (unpaired) electrons. The van der Waals surface area contributed by atoms with Gasteiger partial charge in [-0.25, -0.2) is 4.57 Å². The van der Waals surface area contributed by atoms with E-state index in [1.165, 1.54) is 25.7 Å². The van der Waals surface area contributed by atoms with Gasteiger partial charge in [-0.2, -0.15) is 0 Å². The van der Waals surface area contributed by atoms with Gasteiger partial charge in [-0.3, -0.25) is 18.6 Å². The van der Waals surface area contributed by atoms with E-state index in [0.717, 1.165) is 70.6 Å². The van der Waals surface area contributed by atoms with Crippen LogP contribution in [0, 0.1) is 0 Å². The van der Waals surface area contributed by atoms with Gasteiger partial charge in [0.15, 0.2) is 6.10 Å². The number of phosphoric ester groups is 1. The summed E-state index contributed by atoms with van der Waals surface area (Å²) in [6.45, 7) is 3.12. The summed E-state index contributed by atoms with van der Waals surface area (Å²) in [5.41, 5.74) is 0. The Kier molecular flexibility index (Phi) is 25.9. The standard InChI is InChI=1S/C36H65O13P/c1-3-5-7-9-10-11-12-13-14-15-16-17-18-19-21-23-25-30(38)48-28(26-46-29(37)24-22-20-8-6-4-2)27-47-50(44,45)49-36-34(42)32(40)31(39)33(41)35(36)43/h11-12,14-15,28,31-36,39-43H,3-10,13,16-27H2,1-2H3,(H,44,45)/b12-11-,15-14-. The first-order valence-electron chi connectivity index (χ1n) is 18.6. The second kappa shape index (κ2) is 27.9. The number of hydrogen-bond acceptors (Lipinski definition) is 12. The molecule has 0 heterocycles. The minimum atomic E-state index is -5.10. The molecule has 13 nitrogen and oxygen atoms in total. The summed E-state index contributed by atoms with van der Waals surface area (Å²) in [7, 11) is -5.10. The zero-order valence-corrected chi connectivity index (χ0v) is 31.1. The molecule has 1 fully saturated rings. The van der Waals surface area contributed by atoms with Crippen LogP contribution in [0.5, 0.6) is 0 Å². The van der Waals surface area contributed by atoms with Gasteiger partial charge in [0.25, 0.3) is 0 Å². The summed E-state index contributed by atoms with van der Waals surface area (Å²) in [6.07, 6.45) is 13.1.